The molecule has 0 aromatic heterocycles. The molecule has 1 saturated carbocycles. The molecule has 0 spiro atoms. The second-order valence-corrected chi connectivity index (χ2v) is 6.02. The molecule has 3 rings (SSSR count). The van der Waals surface area contributed by atoms with Crippen LogP contribution in [-0.2, 0) is 0 Å². The predicted molar refractivity (Wildman–Crippen MR) is 76.8 cm³/mol. The summed E-state index contributed by atoms with van der Waals surface area (Å²) in [5.74, 6) is 0.658. The van der Waals surface area contributed by atoms with E-state index in [0.29, 0.717) is 5.92 Å². The lowest BCUT2D eigenvalue weighted by Crippen LogP contribution is -2.48. The van der Waals surface area contributed by atoms with Crippen LogP contribution in [0.3, 0.4) is 0 Å². The minimum atomic E-state index is -0.151. The molecule has 1 aliphatic carbocycles. The maximum atomic E-state index is 9.67. The van der Waals surface area contributed by atoms with Crippen LogP contribution in [-0.4, -0.2) is 23.5 Å². The molecule has 2 nitrogen and oxygen atoms in total. The van der Waals surface area contributed by atoms with Crippen LogP contribution in [0, 0.1) is 11.3 Å². The Morgan fingerprint density at radius 3 is 2.26 bits per heavy atom. The summed E-state index contributed by atoms with van der Waals surface area (Å²) in [6, 6.07) is 13.5. The van der Waals surface area contributed by atoms with E-state index in [2.05, 4.69) is 41.3 Å². The van der Waals surface area contributed by atoms with Crippen LogP contribution in [0.5, 0.6) is 0 Å². The SMILES string of the molecule is N#CC1(N2CCCC2)CCC(c2ccccc2)CC1. The van der Waals surface area contributed by atoms with E-state index in [0.717, 1.165) is 38.8 Å². The fourth-order valence-corrected chi connectivity index (χ4v) is 3.80. The molecule has 0 N–H and O–H groups in total. The zero-order valence-electron chi connectivity index (χ0n) is 11.5. The van der Waals surface area contributed by atoms with Crippen LogP contribution in [0.15, 0.2) is 30.3 Å². The first kappa shape index (κ1) is 12.7. The molecule has 100 valence electrons. The Bertz CT molecular complexity index is 446. The quantitative estimate of drug-likeness (QED) is 0.804. The van der Waals surface area contributed by atoms with Crippen LogP contribution in [0.2, 0.25) is 0 Å². The summed E-state index contributed by atoms with van der Waals surface area (Å²) in [5.41, 5.74) is 1.30. The van der Waals surface area contributed by atoms with Crippen molar-refractivity contribution in [1.29, 1.82) is 5.26 Å². The number of nitriles is 1. The molecule has 0 amide bonds. The van der Waals surface area contributed by atoms with Crippen molar-refractivity contribution in [3.63, 3.8) is 0 Å². The van der Waals surface area contributed by atoms with E-state index in [1.807, 2.05) is 0 Å². The molecule has 0 radical (unpaired) electrons. The Balaban J connectivity index is 1.69. The van der Waals surface area contributed by atoms with Gasteiger partial charge in [0.25, 0.3) is 0 Å². The number of likely N-dealkylation sites (tertiary alicyclic amines) is 1. The second kappa shape index (κ2) is 5.35. The van der Waals surface area contributed by atoms with Gasteiger partial charge in [0.1, 0.15) is 5.54 Å². The lowest BCUT2D eigenvalue weighted by atomic mass is 9.74. The summed E-state index contributed by atoms with van der Waals surface area (Å²) >= 11 is 0. The average Bonchev–Trinajstić information content (AvgIpc) is 3.03. The Labute approximate surface area is 116 Å². The van der Waals surface area contributed by atoms with Crippen LogP contribution >= 0.6 is 0 Å². The van der Waals surface area contributed by atoms with Gasteiger partial charge in [0.2, 0.25) is 0 Å². The van der Waals surface area contributed by atoms with E-state index in [-0.39, 0.29) is 5.54 Å². The Hall–Kier alpha value is -1.33. The summed E-state index contributed by atoms with van der Waals surface area (Å²) in [6.45, 7) is 2.26. The second-order valence-electron chi connectivity index (χ2n) is 6.02. The molecule has 0 unspecified atom stereocenters. The van der Waals surface area contributed by atoms with Crippen LogP contribution in [0.4, 0.5) is 0 Å². The zero-order valence-corrected chi connectivity index (χ0v) is 11.5. The number of hydrogen-bond donors (Lipinski definition) is 0. The van der Waals surface area contributed by atoms with Crippen molar-refractivity contribution in [1.82, 2.24) is 4.90 Å². The largest absolute Gasteiger partial charge is 0.286 e. The van der Waals surface area contributed by atoms with Crippen LogP contribution in [0.25, 0.3) is 0 Å². The van der Waals surface area contributed by atoms with Crippen molar-refractivity contribution in [2.24, 2.45) is 0 Å². The fourth-order valence-electron chi connectivity index (χ4n) is 3.80. The highest BCUT2D eigenvalue weighted by molar-refractivity contribution is 5.22. The van der Waals surface area contributed by atoms with Gasteiger partial charge in [-0.25, -0.2) is 0 Å². The van der Waals surface area contributed by atoms with E-state index in [4.69, 9.17) is 0 Å². The molecule has 2 aliphatic rings. The molecular weight excluding hydrogens is 232 g/mol. The molecular formula is C17H22N2. The lowest BCUT2D eigenvalue weighted by Gasteiger charge is -2.41. The summed E-state index contributed by atoms with van der Waals surface area (Å²) < 4.78 is 0. The molecule has 1 aromatic carbocycles. The first-order valence-electron chi connectivity index (χ1n) is 7.55. The smallest absolute Gasteiger partial charge is 0.109 e. The summed E-state index contributed by atoms with van der Waals surface area (Å²) in [5, 5.41) is 9.67. The maximum absolute atomic E-state index is 9.67. The Kier molecular flexibility index (Phi) is 3.57. The number of rotatable bonds is 2. The fraction of sp³-hybridized carbons (Fsp3) is 0.588. The highest BCUT2D eigenvalue weighted by atomic mass is 15.2. The van der Waals surface area contributed by atoms with E-state index >= 15 is 0 Å². The van der Waals surface area contributed by atoms with Crippen molar-refractivity contribution in [2.75, 3.05) is 13.1 Å². The topological polar surface area (TPSA) is 27.0 Å². The van der Waals surface area contributed by atoms with Gasteiger partial charge in [-0.2, -0.15) is 5.26 Å². The molecule has 1 aliphatic heterocycles. The number of benzene rings is 1. The van der Waals surface area contributed by atoms with Crippen molar-refractivity contribution in [3.05, 3.63) is 35.9 Å². The van der Waals surface area contributed by atoms with Crippen molar-refractivity contribution in [3.8, 4) is 6.07 Å². The standard InChI is InChI=1S/C17H22N2/c18-14-17(19-12-4-5-13-19)10-8-16(9-11-17)15-6-2-1-3-7-15/h1-3,6-7,16H,4-5,8-13H2. The van der Waals surface area contributed by atoms with E-state index in [1.165, 1.54) is 18.4 Å². The van der Waals surface area contributed by atoms with Gasteiger partial charge in [0.15, 0.2) is 0 Å². The first-order chi connectivity index (χ1) is 9.34. The third-order valence-corrected chi connectivity index (χ3v) is 5.00. The molecule has 1 saturated heterocycles. The summed E-state index contributed by atoms with van der Waals surface area (Å²) in [7, 11) is 0. The third kappa shape index (κ3) is 2.40. The minimum absolute atomic E-state index is 0.151. The number of hydrogen-bond acceptors (Lipinski definition) is 2. The Morgan fingerprint density at radius 2 is 1.68 bits per heavy atom. The molecule has 1 heterocycles. The summed E-state index contributed by atoms with van der Waals surface area (Å²) in [6.07, 6.45) is 6.95. The highest BCUT2D eigenvalue weighted by Gasteiger charge is 2.41. The molecule has 19 heavy (non-hydrogen) atoms. The molecule has 0 bridgehead atoms. The molecule has 0 atom stereocenters. The zero-order chi connectivity index (χ0) is 13.1. The third-order valence-electron chi connectivity index (χ3n) is 5.00. The van der Waals surface area contributed by atoms with E-state index in [9.17, 15) is 5.26 Å². The van der Waals surface area contributed by atoms with Gasteiger partial charge < -0.3 is 0 Å². The van der Waals surface area contributed by atoms with Crippen LogP contribution in [0.1, 0.15) is 50.0 Å². The van der Waals surface area contributed by atoms with Gasteiger partial charge in [0.05, 0.1) is 6.07 Å². The monoisotopic (exact) mass is 254 g/mol. The minimum Gasteiger partial charge on any atom is -0.286 e. The van der Waals surface area contributed by atoms with Crippen LogP contribution < -0.4 is 0 Å². The number of nitrogens with zero attached hydrogens (tertiary/aromatic N) is 2. The van der Waals surface area contributed by atoms with Gasteiger partial charge in [-0.05, 0) is 63.1 Å². The highest BCUT2D eigenvalue weighted by Crippen LogP contribution is 2.41. The van der Waals surface area contributed by atoms with Gasteiger partial charge in [-0.3, -0.25) is 4.90 Å². The average molecular weight is 254 g/mol. The van der Waals surface area contributed by atoms with Gasteiger partial charge in [-0.15, -0.1) is 0 Å². The molecule has 2 heteroatoms. The van der Waals surface area contributed by atoms with Crippen molar-refractivity contribution < 1.29 is 0 Å². The molecule has 1 aromatic rings. The summed E-state index contributed by atoms with van der Waals surface area (Å²) in [4.78, 5) is 2.45. The van der Waals surface area contributed by atoms with Gasteiger partial charge in [-0.1, -0.05) is 30.3 Å². The predicted octanol–water partition coefficient (Wildman–Crippen LogP) is 3.70. The lowest BCUT2D eigenvalue weighted by molar-refractivity contribution is 0.118. The first-order valence-corrected chi connectivity index (χ1v) is 7.55. The molecule has 2 fully saturated rings. The van der Waals surface area contributed by atoms with Crippen molar-refractivity contribution >= 4 is 0 Å². The van der Waals surface area contributed by atoms with E-state index < -0.39 is 0 Å². The Morgan fingerprint density at radius 1 is 1.05 bits per heavy atom. The van der Waals surface area contributed by atoms with Gasteiger partial charge in [0, 0.05) is 0 Å². The normalized spacial score (nSPS) is 32.1. The van der Waals surface area contributed by atoms with E-state index in [1.54, 1.807) is 0 Å². The maximum Gasteiger partial charge on any atom is 0.109 e. The van der Waals surface area contributed by atoms with Gasteiger partial charge >= 0.3 is 0 Å². The van der Waals surface area contributed by atoms with Crippen molar-refractivity contribution in [2.45, 2.75) is 50.0 Å².